The number of Topliss-reactive ketones (excluding diaryl/α,β-unsaturated/α-hetero) is 1. The van der Waals surface area contributed by atoms with Gasteiger partial charge in [-0.05, 0) is 98.4 Å². The maximum Gasteiger partial charge on any atom is 0.162 e. The Morgan fingerprint density at radius 3 is 2.44 bits per heavy atom. The van der Waals surface area contributed by atoms with Crippen LogP contribution in [0, 0.1) is 0 Å². The smallest absolute Gasteiger partial charge is 0.162 e. The number of fused-ring (bicyclic) bond motifs is 1. The number of ether oxygens (including phenoxy) is 2. The summed E-state index contributed by atoms with van der Waals surface area (Å²) in [6.45, 7) is 5.86. The minimum Gasteiger partial charge on any atom is -0.497 e. The predicted molar refractivity (Wildman–Crippen MR) is 170 cm³/mol. The summed E-state index contributed by atoms with van der Waals surface area (Å²) in [6, 6.07) is 20.8. The first kappa shape index (κ1) is 29.5. The molecule has 1 aliphatic heterocycles. The van der Waals surface area contributed by atoms with Gasteiger partial charge in [0.25, 0.3) is 0 Å². The van der Waals surface area contributed by atoms with E-state index in [2.05, 4.69) is 37.0 Å². The largest absolute Gasteiger partial charge is 0.497 e. The number of methoxy groups -OCH3 is 1. The number of carbonyl (C=O) groups excluding carboxylic acids is 1. The molecule has 0 spiro atoms. The van der Waals surface area contributed by atoms with Crippen molar-refractivity contribution in [1.29, 1.82) is 0 Å². The highest BCUT2D eigenvalue weighted by Crippen LogP contribution is 2.71. The molecule has 1 aliphatic rings. The fourth-order valence-electron chi connectivity index (χ4n) is 5.51. The topological polar surface area (TPSA) is 61.5 Å². The number of allylic oxidation sites excluding steroid dienone is 2. The molecule has 0 amide bonds. The molecule has 1 unspecified atom stereocenters. The lowest BCUT2D eigenvalue weighted by Gasteiger charge is -2.46. The molecule has 0 bridgehead atoms. The number of hydrogen-bond acceptors (Lipinski definition) is 5. The van der Waals surface area contributed by atoms with E-state index in [-0.39, 0.29) is 10.9 Å². The molecule has 39 heavy (non-hydrogen) atoms. The summed E-state index contributed by atoms with van der Waals surface area (Å²) >= 11 is 1.92. The number of rotatable bonds is 12. The summed E-state index contributed by atoms with van der Waals surface area (Å²) < 4.78 is 11.0. The minimum atomic E-state index is -1.69. The Hall–Kier alpha value is -2.46. The first-order chi connectivity index (χ1) is 18.8. The van der Waals surface area contributed by atoms with Crippen molar-refractivity contribution in [1.82, 2.24) is 0 Å². The zero-order valence-electron chi connectivity index (χ0n) is 23.6. The second-order valence-electron chi connectivity index (χ2n) is 10.6. The van der Waals surface area contributed by atoms with Gasteiger partial charge in [-0.25, -0.2) is 0 Å². The lowest BCUT2D eigenvalue weighted by molar-refractivity contribution is 0.0836. The molecule has 4 rings (SSSR count). The molecule has 3 aromatic rings. The minimum absolute atomic E-state index is 0.0544. The third-order valence-corrected chi connectivity index (χ3v) is 14.3. The number of unbranched alkanes of at least 4 members (excludes halogenated alkanes) is 2. The van der Waals surface area contributed by atoms with E-state index < -0.39 is 6.09 Å². The first-order valence-corrected chi connectivity index (χ1v) is 17.7. The molecule has 0 aromatic heterocycles. The lowest BCUT2D eigenvalue weighted by Crippen LogP contribution is -2.40. The van der Waals surface area contributed by atoms with Gasteiger partial charge in [0, 0.05) is 40.9 Å². The van der Waals surface area contributed by atoms with Gasteiger partial charge in [0.2, 0.25) is 0 Å². The van der Waals surface area contributed by atoms with E-state index >= 15 is 0 Å². The van der Waals surface area contributed by atoms with E-state index in [1.54, 1.807) is 7.11 Å². The second-order valence-corrected chi connectivity index (χ2v) is 17.3. The molecular weight excluding hydrogens is 521 g/mol. The normalized spacial score (nSPS) is 17.1. The van der Waals surface area contributed by atoms with Crippen LogP contribution in [0.1, 0.15) is 61.4 Å². The molecule has 0 aliphatic carbocycles. The quantitative estimate of drug-likeness (QED) is 0.136. The van der Waals surface area contributed by atoms with Crippen LogP contribution < -0.4 is 10.5 Å². The van der Waals surface area contributed by atoms with Gasteiger partial charge in [-0.15, -0.1) is 0 Å². The van der Waals surface area contributed by atoms with Crippen LogP contribution in [0.3, 0.4) is 0 Å². The van der Waals surface area contributed by atoms with Crippen LogP contribution in [-0.4, -0.2) is 44.2 Å². The highest BCUT2D eigenvalue weighted by atomic mass is 32.7. The standard InChI is InChI=1S/C33H42NO3PS/c1-5-32(34)33(19-21-37-22-20-33)38(3,4)39-30-17-11-25(12-18-30)9-7-6-8-10-31(35)28-14-13-27-24-29(36-2)16-15-26(27)23-28/h5,11-18,23-24H,3,6-10,19-22,34H2,1-2,4H3/b32-5-. The Labute approximate surface area is 238 Å². The molecule has 3 aromatic carbocycles. The van der Waals surface area contributed by atoms with Crippen LogP contribution >= 0.6 is 17.5 Å². The van der Waals surface area contributed by atoms with Crippen LogP contribution in [0.25, 0.3) is 10.8 Å². The van der Waals surface area contributed by atoms with E-state index in [1.807, 2.05) is 54.7 Å². The van der Waals surface area contributed by atoms with E-state index in [0.717, 1.165) is 79.5 Å². The fourth-order valence-corrected chi connectivity index (χ4v) is 11.4. The van der Waals surface area contributed by atoms with Gasteiger partial charge in [0.1, 0.15) is 5.75 Å². The Bertz CT molecular complexity index is 1360. The molecule has 6 heteroatoms. The summed E-state index contributed by atoms with van der Waals surface area (Å²) in [5.74, 6) is 1.05. The summed E-state index contributed by atoms with van der Waals surface area (Å²) in [4.78, 5) is 14.0. The number of benzene rings is 3. The van der Waals surface area contributed by atoms with Crippen molar-refractivity contribution in [3.8, 4) is 5.75 Å². The van der Waals surface area contributed by atoms with Crippen molar-refractivity contribution < 1.29 is 14.3 Å². The lowest BCUT2D eigenvalue weighted by atomic mass is 9.95. The number of carbonyl (C=O) groups is 1. The first-order valence-electron chi connectivity index (χ1n) is 13.9. The fraction of sp³-hybridized carbons (Fsp3) is 0.394. The monoisotopic (exact) mass is 563 g/mol. The molecule has 2 N–H and O–H groups in total. The summed E-state index contributed by atoms with van der Waals surface area (Å²) in [5, 5.41) is 2.10. The Kier molecular flexibility index (Phi) is 10.0. The van der Waals surface area contributed by atoms with Crippen molar-refractivity contribution >= 4 is 40.3 Å². The van der Waals surface area contributed by atoms with Gasteiger partial charge in [-0.1, -0.05) is 60.5 Å². The number of ketones is 1. The summed E-state index contributed by atoms with van der Waals surface area (Å²) in [6.07, 6.45) is 11.7. The van der Waals surface area contributed by atoms with Crippen LogP contribution in [0.2, 0.25) is 0 Å². The number of aryl methyl sites for hydroxylation is 1. The van der Waals surface area contributed by atoms with Crippen molar-refractivity contribution in [2.45, 2.75) is 61.9 Å². The van der Waals surface area contributed by atoms with E-state index in [0.29, 0.717) is 6.42 Å². The van der Waals surface area contributed by atoms with E-state index in [4.69, 9.17) is 21.5 Å². The maximum absolute atomic E-state index is 12.7. The summed E-state index contributed by atoms with van der Waals surface area (Å²) in [5.41, 5.74) is 9.67. The van der Waals surface area contributed by atoms with Gasteiger partial charge in [0.15, 0.2) is 5.78 Å². The average Bonchev–Trinajstić information content (AvgIpc) is 2.96. The molecule has 1 saturated heterocycles. The van der Waals surface area contributed by atoms with Crippen LogP contribution in [0.15, 0.2) is 77.3 Å². The molecule has 0 saturated carbocycles. The Morgan fingerprint density at radius 2 is 1.74 bits per heavy atom. The van der Waals surface area contributed by atoms with Crippen molar-refractivity contribution in [3.05, 3.63) is 83.6 Å². The molecule has 4 nitrogen and oxygen atoms in total. The molecular formula is C33H42NO3PS. The van der Waals surface area contributed by atoms with Gasteiger partial charge in [-0.2, -0.15) is 0 Å². The van der Waals surface area contributed by atoms with Crippen molar-refractivity contribution in [3.63, 3.8) is 0 Å². The van der Waals surface area contributed by atoms with Crippen LogP contribution in [0.5, 0.6) is 5.75 Å². The molecule has 0 radical (unpaired) electrons. The van der Waals surface area contributed by atoms with Crippen molar-refractivity contribution in [2.75, 3.05) is 27.0 Å². The third-order valence-electron chi connectivity index (χ3n) is 8.04. The Balaban J connectivity index is 1.25. The average molecular weight is 564 g/mol. The van der Waals surface area contributed by atoms with Gasteiger partial charge in [-0.3, -0.25) is 4.79 Å². The molecule has 1 fully saturated rings. The maximum atomic E-state index is 12.7. The zero-order valence-corrected chi connectivity index (χ0v) is 25.3. The second kappa shape index (κ2) is 13.3. The van der Waals surface area contributed by atoms with Crippen molar-refractivity contribution in [2.24, 2.45) is 5.73 Å². The SMILES string of the molecule is C=P(C)(Sc1ccc(CCCCCC(=O)c2ccc3cc(OC)ccc3c2)cc1)C1(/C(N)=C/C)CCOCC1. The zero-order chi connectivity index (χ0) is 27.9. The molecule has 1 heterocycles. The van der Waals surface area contributed by atoms with Crippen LogP contribution in [0.4, 0.5) is 0 Å². The van der Waals surface area contributed by atoms with Crippen LogP contribution in [-0.2, 0) is 11.2 Å². The van der Waals surface area contributed by atoms with E-state index in [9.17, 15) is 4.79 Å². The molecule has 208 valence electrons. The van der Waals surface area contributed by atoms with Gasteiger partial charge < -0.3 is 15.2 Å². The number of hydrogen-bond donors (Lipinski definition) is 1. The highest BCUT2D eigenvalue weighted by Gasteiger charge is 2.43. The third kappa shape index (κ3) is 7.01. The van der Waals surface area contributed by atoms with Gasteiger partial charge >= 0.3 is 0 Å². The highest BCUT2D eigenvalue weighted by molar-refractivity contribution is 8.61. The van der Waals surface area contributed by atoms with E-state index in [1.165, 1.54) is 10.5 Å². The van der Waals surface area contributed by atoms with Gasteiger partial charge in [0.05, 0.1) is 7.11 Å². The summed E-state index contributed by atoms with van der Waals surface area (Å²) in [7, 11) is 1.67. The molecule has 1 atom stereocenters. The predicted octanol–water partition coefficient (Wildman–Crippen LogP) is 8.33. The number of nitrogens with two attached hydrogens (primary N) is 1. The Morgan fingerprint density at radius 1 is 1.05 bits per heavy atom.